The standard InChI is InChI=1S/C48H48ClN11O7/c1-56-25-32(41-37(56)22-39(62-3)45(54-41)64-5)35-20-30-27(12-14-50-43(30)52-35)24-59(29-10-8-28(9-11-29)58-16-18-67-19-17-58)47(48(61)57(2)66-7)60-26-33(36-21-31-34(49)13-15-51-44(31)53-36)42-38(60)23-40(63-4)46(55-42)65-6/h8-15,20-23,25-26,47H,16-19,24H2,1-7H3,(H,50,52)(H,51,53). The average molecular weight is 926 g/mol. The van der Waals surface area contributed by atoms with Gasteiger partial charge in [0.15, 0.2) is 17.7 Å². The number of hydrogen-bond donors (Lipinski definition) is 2. The van der Waals surface area contributed by atoms with E-state index >= 15 is 4.79 Å². The third kappa shape index (κ3) is 7.61. The third-order valence-corrected chi connectivity index (χ3v) is 12.7. The number of nitrogens with zero attached hydrogens (tertiary/aromatic N) is 9. The van der Waals surface area contributed by atoms with Gasteiger partial charge in [0.2, 0.25) is 0 Å². The molecular weight excluding hydrogens is 878 g/mol. The number of H-pyrrole nitrogens is 2. The van der Waals surface area contributed by atoms with Gasteiger partial charge in [0.1, 0.15) is 22.3 Å². The summed E-state index contributed by atoms with van der Waals surface area (Å²) < 4.78 is 32.3. The Morgan fingerprint density at radius 1 is 0.776 bits per heavy atom. The SMILES string of the molecule is COc1cc2c(nc1OC)c(-c1cc3c(CN(c4ccc(N5CCOCC5)cc4)C(C(=O)N(C)OC)n4cc(-c5cc6c(Cl)ccnc6[nH]5)c5nc(OC)c(OC)cc54)ccnc3[nH]1)cn2C. The highest BCUT2D eigenvalue weighted by Crippen LogP contribution is 2.42. The predicted octanol–water partition coefficient (Wildman–Crippen LogP) is 7.76. The number of aryl methyl sites for hydroxylation is 1. The lowest BCUT2D eigenvalue weighted by atomic mass is 10.1. The molecule has 1 aromatic carbocycles. The maximum atomic E-state index is 15.3. The molecule has 0 bridgehead atoms. The zero-order chi connectivity index (χ0) is 46.5. The van der Waals surface area contributed by atoms with Crippen molar-refractivity contribution < 1.29 is 33.3 Å². The molecule has 1 amide bonds. The molecule has 0 saturated carbocycles. The van der Waals surface area contributed by atoms with Crippen LogP contribution >= 0.6 is 11.6 Å². The Morgan fingerprint density at radius 3 is 2.00 bits per heavy atom. The minimum Gasteiger partial charge on any atom is -0.491 e. The summed E-state index contributed by atoms with van der Waals surface area (Å²) in [6, 6.07) is 19.7. The van der Waals surface area contributed by atoms with Gasteiger partial charge in [0.25, 0.3) is 17.7 Å². The van der Waals surface area contributed by atoms with Gasteiger partial charge in [-0.1, -0.05) is 11.6 Å². The number of hydroxylamine groups is 2. The minimum atomic E-state index is -1.08. The Hall–Kier alpha value is -7.54. The molecule has 0 aliphatic carbocycles. The van der Waals surface area contributed by atoms with Crippen molar-refractivity contribution in [2.24, 2.45) is 7.05 Å². The highest BCUT2D eigenvalue weighted by Gasteiger charge is 2.35. The number of aromatic amines is 2. The molecule has 18 nitrogen and oxygen atoms in total. The first-order chi connectivity index (χ1) is 32.6. The van der Waals surface area contributed by atoms with Crippen molar-refractivity contribution in [2.75, 3.05) is 78.7 Å². The van der Waals surface area contributed by atoms with E-state index in [4.69, 9.17) is 55.1 Å². The molecule has 1 aliphatic rings. The normalized spacial score (nSPS) is 13.5. The van der Waals surface area contributed by atoms with Crippen molar-refractivity contribution >= 4 is 73.0 Å². The number of hydrogen-bond acceptors (Lipinski definition) is 13. The first-order valence-corrected chi connectivity index (χ1v) is 21.8. The van der Waals surface area contributed by atoms with Crippen LogP contribution in [0, 0.1) is 0 Å². The van der Waals surface area contributed by atoms with Gasteiger partial charge in [-0.05, 0) is 54.1 Å². The highest BCUT2D eigenvalue weighted by atomic mass is 35.5. The second-order valence-corrected chi connectivity index (χ2v) is 16.4. The van der Waals surface area contributed by atoms with Crippen LogP contribution in [0.25, 0.3) is 66.6 Å². The minimum absolute atomic E-state index is 0.238. The van der Waals surface area contributed by atoms with Crippen molar-refractivity contribution in [1.29, 1.82) is 0 Å². The van der Waals surface area contributed by atoms with Crippen molar-refractivity contribution in [3.63, 3.8) is 0 Å². The molecule has 19 heteroatoms. The fraction of sp³-hybridized carbons (Fsp3) is 0.271. The van der Waals surface area contributed by atoms with Gasteiger partial charge in [-0.15, -0.1) is 0 Å². The topological polar surface area (TPSA) is 175 Å². The van der Waals surface area contributed by atoms with Crippen LogP contribution in [0.5, 0.6) is 23.3 Å². The van der Waals surface area contributed by atoms with Crippen LogP contribution in [-0.2, 0) is 28.0 Å². The number of nitrogens with one attached hydrogen (secondary N) is 2. The number of carbonyl (C=O) groups is 1. The summed E-state index contributed by atoms with van der Waals surface area (Å²) in [5.41, 5.74) is 9.68. The summed E-state index contributed by atoms with van der Waals surface area (Å²) in [5.74, 6) is 1.19. The molecule has 1 aliphatic heterocycles. The lowest BCUT2D eigenvalue weighted by molar-refractivity contribution is -0.172. The molecule has 10 rings (SSSR count). The fourth-order valence-corrected chi connectivity index (χ4v) is 9.11. The van der Waals surface area contributed by atoms with Crippen molar-refractivity contribution in [1.82, 2.24) is 44.1 Å². The summed E-state index contributed by atoms with van der Waals surface area (Å²) >= 11 is 6.67. The van der Waals surface area contributed by atoms with Crippen LogP contribution in [-0.4, -0.2) is 119 Å². The Balaban J connectivity index is 1.17. The van der Waals surface area contributed by atoms with Gasteiger partial charge < -0.3 is 52.6 Å². The maximum absolute atomic E-state index is 15.3. The molecule has 1 saturated heterocycles. The molecule has 1 unspecified atom stereocenters. The molecule has 8 aromatic heterocycles. The average Bonchev–Trinajstić information content (AvgIpc) is 4.16. The first-order valence-electron chi connectivity index (χ1n) is 21.5. The quantitative estimate of drug-likeness (QED) is 0.101. The second kappa shape index (κ2) is 17.7. The highest BCUT2D eigenvalue weighted by molar-refractivity contribution is 6.35. The van der Waals surface area contributed by atoms with E-state index in [0.29, 0.717) is 69.2 Å². The molecule has 9 heterocycles. The summed E-state index contributed by atoms with van der Waals surface area (Å²) in [7, 11) is 11.3. The fourth-order valence-electron chi connectivity index (χ4n) is 8.91. The number of amides is 1. The smallest absolute Gasteiger partial charge is 0.289 e. The lowest BCUT2D eigenvalue weighted by Gasteiger charge is -2.36. The number of anilines is 2. The zero-order valence-electron chi connectivity index (χ0n) is 38.0. The van der Waals surface area contributed by atoms with Gasteiger partial charge >= 0.3 is 0 Å². The number of benzene rings is 1. The van der Waals surface area contributed by atoms with Gasteiger partial charge in [0.05, 0.1) is 76.2 Å². The number of methoxy groups -OCH3 is 4. The Kier molecular flexibility index (Phi) is 11.4. The Bertz CT molecular complexity index is 3300. The van der Waals surface area contributed by atoms with Crippen LogP contribution in [0.1, 0.15) is 11.7 Å². The molecule has 0 spiro atoms. The van der Waals surface area contributed by atoms with Crippen molar-refractivity contribution in [3.8, 4) is 45.8 Å². The van der Waals surface area contributed by atoms with Gasteiger partial charge in [-0.2, -0.15) is 0 Å². The van der Waals surface area contributed by atoms with Gasteiger partial charge in [-0.25, -0.2) is 25.0 Å². The van der Waals surface area contributed by atoms with Crippen LogP contribution < -0.4 is 28.7 Å². The number of fused-ring (bicyclic) bond motifs is 4. The molecule has 344 valence electrons. The summed E-state index contributed by atoms with van der Waals surface area (Å²) in [6.45, 7) is 3.06. The number of aromatic nitrogens is 8. The van der Waals surface area contributed by atoms with E-state index in [1.807, 2.05) is 65.0 Å². The molecule has 0 radical (unpaired) electrons. The maximum Gasteiger partial charge on any atom is 0.289 e. The lowest BCUT2D eigenvalue weighted by Crippen LogP contribution is -2.44. The number of pyridine rings is 4. The molecule has 9 aromatic rings. The summed E-state index contributed by atoms with van der Waals surface area (Å²) in [6.07, 6.45) is 6.26. The largest absolute Gasteiger partial charge is 0.491 e. The van der Waals surface area contributed by atoms with E-state index in [1.165, 1.54) is 19.3 Å². The molecule has 1 atom stereocenters. The third-order valence-electron chi connectivity index (χ3n) is 12.4. The van der Waals surface area contributed by atoms with E-state index in [0.717, 1.165) is 63.1 Å². The molecule has 67 heavy (non-hydrogen) atoms. The number of ether oxygens (including phenoxy) is 5. The van der Waals surface area contributed by atoms with E-state index < -0.39 is 6.17 Å². The van der Waals surface area contributed by atoms with Crippen LogP contribution in [0.3, 0.4) is 0 Å². The first kappa shape index (κ1) is 43.4. The predicted molar refractivity (Wildman–Crippen MR) is 256 cm³/mol. The monoisotopic (exact) mass is 925 g/mol. The van der Waals surface area contributed by atoms with Crippen LogP contribution in [0.4, 0.5) is 11.4 Å². The molecule has 1 fully saturated rings. The zero-order valence-corrected chi connectivity index (χ0v) is 38.7. The summed E-state index contributed by atoms with van der Waals surface area (Å²) in [4.78, 5) is 51.4. The number of rotatable bonds is 14. The van der Waals surface area contributed by atoms with E-state index in [1.54, 1.807) is 46.8 Å². The Morgan fingerprint density at radius 2 is 1.37 bits per heavy atom. The van der Waals surface area contributed by atoms with Crippen LogP contribution in [0.15, 0.2) is 85.5 Å². The van der Waals surface area contributed by atoms with Gasteiger partial charge in [-0.3, -0.25) is 9.63 Å². The molecule has 2 N–H and O–H groups in total. The Labute approximate surface area is 389 Å². The van der Waals surface area contributed by atoms with E-state index in [9.17, 15) is 0 Å². The number of morpholine rings is 1. The second-order valence-electron chi connectivity index (χ2n) is 16.0. The van der Waals surface area contributed by atoms with Crippen molar-refractivity contribution in [2.45, 2.75) is 12.7 Å². The molecular formula is C48H48ClN11O7. The van der Waals surface area contributed by atoms with E-state index in [-0.39, 0.29) is 18.3 Å². The summed E-state index contributed by atoms with van der Waals surface area (Å²) in [5, 5.41) is 3.36. The van der Waals surface area contributed by atoms with Crippen LogP contribution in [0.2, 0.25) is 5.02 Å². The van der Waals surface area contributed by atoms with Gasteiger partial charge in [0, 0.05) is 104 Å². The number of halogens is 1. The van der Waals surface area contributed by atoms with E-state index in [2.05, 4.69) is 43.0 Å². The number of likely N-dealkylation sites (N-methyl/N-ethyl adjacent to an activating group) is 1. The van der Waals surface area contributed by atoms with Crippen molar-refractivity contribution in [3.05, 3.63) is 96.0 Å². The number of carbonyl (C=O) groups excluding carboxylic acids is 1.